The minimum Gasteiger partial charge on any atom is -0.328 e. The maximum Gasteiger partial charge on any atom is 0.329 e. The zero-order valence-corrected chi connectivity index (χ0v) is 7.65. The second-order valence-corrected chi connectivity index (χ2v) is 3.00. The van der Waals surface area contributed by atoms with Gasteiger partial charge >= 0.3 is 6.03 Å². The number of carbonyl (C=O) groups is 2. The molecule has 1 aliphatic rings. The normalized spacial score (nSPS) is 15.9. The van der Waals surface area contributed by atoms with Crippen molar-refractivity contribution in [1.29, 1.82) is 0 Å². The maximum atomic E-state index is 11.4. The lowest BCUT2D eigenvalue weighted by Gasteiger charge is -2.13. The van der Waals surface area contributed by atoms with Crippen LogP contribution in [0, 0.1) is 6.92 Å². The zero-order valence-electron chi connectivity index (χ0n) is 7.65. The van der Waals surface area contributed by atoms with Crippen molar-refractivity contribution in [3.8, 4) is 0 Å². The van der Waals surface area contributed by atoms with Gasteiger partial charge in [0.1, 0.15) is 0 Å². The second kappa shape index (κ2) is 3.10. The Labute approximate surface area is 80.7 Å². The predicted molar refractivity (Wildman–Crippen MR) is 49.9 cm³/mol. The van der Waals surface area contributed by atoms with Crippen LogP contribution in [0.1, 0.15) is 5.69 Å². The number of hydrogen-bond acceptors (Lipinski definition) is 3. The van der Waals surface area contributed by atoms with Gasteiger partial charge in [0.05, 0.1) is 17.9 Å². The van der Waals surface area contributed by atoms with Crippen LogP contribution in [0.4, 0.5) is 10.5 Å². The number of urea groups is 1. The first-order chi connectivity index (χ1) is 6.70. The molecule has 0 aromatic carbocycles. The second-order valence-electron chi connectivity index (χ2n) is 3.00. The number of pyridine rings is 1. The fourth-order valence-electron chi connectivity index (χ4n) is 1.38. The molecule has 0 bridgehead atoms. The lowest BCUT2D eigenvalue weighted by atomic mass is 10.3. The summed E-state index contributed by atoms with van der Waals surface area (Å²) in [5.41, 5.74) is 1.21. The van der Waals surface area contributed by atoms with Crippen molar-refractivity contribution in [3.05, 3.63) is 24.0 Å². The summed E-state index contributed by atoms with van der Waals surface area (Å²) < 4.78 is 0. The van der Waals surface area contributed by atoms with Crippen LogP contribution in [0.25, 0.3) is 0 Å². The molecule has 2 heterocycles. The Morgan fingerprint density at radius 1 is 1.50 bits per heavy atom. The van der Waals surface area contributed by atoms with E-state index in [4.69, 9.17) is 0 Å². The van der Waals surface area contributed by atoms with E-state index in [1.54, 1.807) is 25.3 Å². The van der Waals surface area contributed by atoms with Crippen molar-refractivity contribution in [2.24, 2.45) is 0 Å². The maximum absolute atomic E-state index is 11.4. The number of rotatable bonds is 1. The van der Waals surface area contributed by atoms with Gasteiger partial charge in [-0.05, 0) is 19.1 Å². The van der Waals surface area contributed by atoms with Crippen LogP contribution in [0.2, 0.25) is 0 Å². The lowest BCUT2D eigenvalue weighted by molar-refractivity contribution is -0.115. The van der Waals surface area contributed by atoms with Crippen molar-refractivity contribution >= 4 is 17.6 Å². The molecular formula is C9H9N3O2. The van der Waals surface area contributed by atoms with Gasteiger partial charge in [0.2, 0.25) is 0 Å². The fraction of sp³-hybridized carbons (Fsp3) is 0.222. The molecule has 1 aromatic rings. The van der Waals surface area contributed by atoms with Crippen LogP contribution in [0.5, 0.6) is 0 Å². The third-order valence-corrected chi connectivity index (χ3v) is 2.06. The fourth-order valence-corrected chi connectivity index (χ4v) is 1.38. The summed E-state index contributed by atoms with van der Waals surface area (Å²) in [6.07, 6.45) is 1.62. The van der Waals surface area contributed by atoms with Gasteiger partial charge in [-0.3, -0.25) is 9.78 Å². The number of hydrogen-bond donors (Lipinski definition) is 1. The molecule has 5 nitrogen and oxygen atoms in total. The third kappa shape index (κ3) is 1.22. The molecule has 2 rings (SSSR count). The van der Waals surface area contributed by atoms with Crippen molar-refractivity contribution in [1.82, 2.24) is 10.3 Å². The number of nitrogens with one attached hydrogen (secondary N) is 1. The molecule has 0 spiro atoms. The average molecular weight is 191 g/mol. The Kier molecular flexibility index (Phi) is 1.92. The van der Waals surface area contributed by atoms with Crippen LogP contribution in [0.15, 0.2) is 18.3 Å². The molecule has 5 heteroatoms. The summed E-state index contributed by atoms with van der Waals surface area (Å²) in [5, 5.41) is 2.45. The first-order valence-corrected chi connectivity index (χ1v) is 4.22. The van der Waals surface area contributed by atoms with E-state index in [-0.39, 0.29) is 18.5 Å². The predicted octanol–water partition coefficient (Wildman–Crippen LogP) is 0.446. The number of imide groups is 1. The van der Waals surface area contributed by atoms with Crippen LogP contribution in [-0.2, 0) is 4.79 Å². The minimum atomic E-state index is -0.383. The quantitative estimate of drug-likeness (QED) is 0.655. The highest BCUT2D eigenvalue weighted by Gasteiger charge is 2.30. The smallest absolute Gasteiger partial charge is 0.328 e. The molecule has 0 saturated carbocycles. The van der Waals surface area contributed by atoms with Crippen LogP contribution < -0.4 is 10.2 Å². The summed E-state index contributed by atoms with van der Waals surface area (Å²) >= 11 is 0. The van der Waals surface area contributed by atoms with E-state index in [2.05, 4.69) is 10.3 Å². The Bertz CT molecular complexity index is 387. The van der Waals surface area contributed by atoms with Crippen molar-refractivity contribution in [2.75, 3.05) is 11.4 Å². The Balaban J connectivity index is 2.44. The Hall–Kier alpha value is -1.91. The highest BCUT2D eigenvalue weighted by Crippen LogP contribution is 2.19. The molecule has 0 radical (unpaired) electrons. The van der Waals surface area contributed by atoms with Gasteiger partial charge in [-0.15, -0.1) is 0 Å². The first-order valence-electron chi connectivity index (χ1n) is 4.22. The van der Waals surface area contributed by atoms with E-state index in [9.17, 15) is 9.59 Å². The van der Waals surface area contributed by atoms with Crippen molar-refractivity contribution in [3.63, 3.8) is 0 Å². The van der Waals surface area contributed by atoms with Crippen LogP contribution in [0.3, 0.4) is 0 Å². The van der Waals surface area contributed by atoms with E-state index in [1.807, 2.05) is 0 Å². The Morgan fingerprint density at radius 2 is 2.29 bits per heavy atom. The summed E-state index contributed by atoms with van der Waals surface area (Å²) in [6, 6.07) is 3.01. The molecule has 0 atom stereocenters. The third-order valence-electron chi connectivity index (χ3n) is 2.06. The molecule has 0 unspecified atom stereocenters. The molecule has 1 saturated heterocycles. The molecular weight excluding hydrogens is 182 g/mol. The van der Waals surface area contributed by atoms with Gasteiger partial charge in [0.25, 0.3) is 5.91 Å². The van der Waals surface area contributed by atoms with E-state index >= 15 is 0 Å². The topological polar surface area (TPSA) is 62.3 Å². The molecule has 1 aromatic heterocycles. The molecule has 1 fully saturated rings. The number of anilines is 1. The van der Waals surface area contributed by atoms with Crippen LogP contribution >= 0.6 is 0 Å². The van der Waals surface area contributed by atoms with E-state index in [0.717, 1.165) is 4.90 Å². The highest BCUT2D eigenvalue weighted by molar-refractivity contribution is 6.20. The van der Waals surface area contributed by atoms with Crippen LogP contribution in [-0.4, -0.2) is 23.5 Å². The Morgan fingerprint density at radius 3 is 2.86 bits per heavy atom. The van der Waals surface area contributed by atoms with E-state index in [1.165, 1.54) is 0 Å². The standard InChI is InChI=1S/C9H9N3O2/c1-6-7(3-2-4-10-6)12-8(13)5-11-9(12)14/h2-4H,5H2,1H3,(H,11,14). The minimum absolute atomic E-state index is 0.0627. The zero-order chi connectivity index (χ0) is 10.1. The molecule has 3 amide bonds. The monoisotopic (exact) mass is 191 g/mol. The number of aryl methyl sites for hydroxylation is 1. The van der Waals surface area contributed by atoms with Crippen molar-refractivity contribution < 1.29 is 9.59 Å². The van der Waals surface area contributed by atoms with Gasteiger partial charge in [-0.25, -0.2) is 9.69 Å². The lowest BCUT2D eigenvalue weighted by Crippen LogP contribution is -2.31. The summed E-state index contributed by atoms with van der Waals surface area (Å²) in [6.45, 7) is 1.82. The molecule has 1 N–H and O–H groups in total. The summed E-state index contributed by atoms with van der Waals surface area (Å²) in [5.74, 6) is -0.244. The van der Waals surface area contributed by atoms with Gasteiger partial charge in [0, 0.05) is 6.20 Å². The van der Waals surface area contributed by atoms with Crippen molar-refractivity contribution in [2.45, 2.75) is 6.92 Å². The first kappa shape index (κ1) is 8.68. The van der Waals surface area contributed by atoms with E-state index < -0.39 is 0 Å². The molecule has 0 aliphatic carbocycles. The van der Waals surface area contributed by atoms with Gasteiger partial charge in [-0.1, -0.05) is 0 Å². The van der Waals surface area contributed by atoms with Gasteiger partial charge in [0.15, 0.2) is 0 Å². The number of nitrogens with zero attached hydrogens (tertiary/aromatic N) is 2. The summed E-state index contributed by atoms with van der Waals surface area (Å²) in [7, 11) is 0. The van der Waals surface area contributed by atoms with E-state index in [0.29, 0.717) is 11.4 Å². The van der Waals surface area contributed by atoms with Gasteiger partial charge < -0.3 is 5.32 Å². The molecule has 72 valence electrons. The number of carbonyl (C=O) groups excluding carboxylic acids is 2. The largest absolute Gasteiger partial charge is 0.329 e. The van der Waals surface area contributed by atoms with Gasteiger partial charge in [-0.2, -0.15) is 0 Å². The average Bonchev–Trinajstić information content (AvgIpc) is 2.48. The molecule has 14 heavy (non-hydrogen) atoms. The number of amides is 3. The molecule has 1 aliphatic heterocycles. The highest BCUT2D eigenvalue weighted by atomic mass is 16.2. The SMILES string of the molecule is Cc1ncccc1N1C(=O)CNC1=O. The number of aromatic nitrogens is 1. The summed E-state index contributed by atoms with van der Waals surface area (Å²) in [4.78, 5) is 27.8.